The molecule has 1 aliphatic heterocycles. The van der Waals surface area contributed by atoms with Crippen molar-refractivity contribution >= 4 is 11.9 Å². The molecule has 1 saturated heterocycles. The number of benzene rings is 1. The Morgan fingerprint density at radius 3 is 2.85 bits per heavy atom. The zero-order chi connectivity index (χ0) is 14.7. The maximum atomic E-state index is 12.4. The molecule has 1 aliphatic rings. The molecule has 0 saturated carbocycles. The van der Waals surface area contributed by atoms with Gasteiger partial charge in [-0.3, -0.25) is 4.79 Å². The van der Waals surface area contributed by atoms with Gasteiger partial charge in [-0.2, -0.15) is 0 Å². The van der Waals surface area contributed by atoms with Gasteiger partial charge in [0.2, 0.25) is 0 Å². The Labute approximate surface area is 116 Å². The van der Waals surface area contributed by atoms with E-state index in [9.17, 15) is 19.8 Å². The van der Waals surface area contributed by atoms with Crippen LogP contribution in [0.5, 0.6) is 11.5 Å². The standard InChI is InChI=1S/C14H17NO5/c1-2-20-14(19)10-6-4-8-15(10)13(18)9-5-3-7-11(16)12(9)17/h3,5,7,10,16-17H,2,4,6,8H2,1H3. The number of amides is 1. The number of carbonyl (C=O) groups excluding carboxylic acids is 2. The number of nitrogens with zero attached hydrogens (tertiary/aromatic N) is 1. The Morgan fingerprint density at radius 2 is 2.15 bits per heavy atom. The number of esters is 1. The minimum absolute atomic E-state index is 0.0128. The van der Waals surface area contributed by atoms with Gasteiger partial charge in [0.1, 0.15) is 6.04 Å². The lowest BCUT2D eigenvalue weighted by molar-refractivity contribution is -0.147. The largest absolute Gasteiger partial charge is 0.504 e. The monoisotopic (exact) mass is 279 g/mol. The molecule has 1 atom stereocenters. The van der Waals surface area contributed by atoms with E-state index in [0.29, 0.717) is 19.4 Å². The van der Waals surface area contributed by atoms with E-state index < -0.39 is 23.7 Å². The van der Waals surface area contributed by atoms with Crippen molar-refractivity contribution in [2.75, 3.05) is 13.2 Å². The minimum atomic E-state index is -0.621. The van der Waals surface area contributed by atoms with Crippen LogP contribution in [0, 0.1) is 0 Å². The molecule has 108 valence electrons. The number of aromatic hydroxyl groups is 2. The third-order valence-corrected chi connectivity index (χ3v) is 3.32. The molecule has 20 heavy (non-hydrogen) atoms. The number of rotatable bonds is 3. The van der Waals surface area contributed by atoms with Gasteiger partial charge in [0.15, 0.2) is 11.5 Å². The normalized spacial score (nSPS) is 18.1. The molecule has 2 N–H and O–H groups in total. The summed E-state index contributed by atoms with van der Waals surface area (Å²) in [5.41, 5.74) is -0.0128. The number of phenols is 2. The van der Waals surface area contributed by atoms with Gasteiger partial charge in [-0.05, 0) is 31.9 Å². The topological polar surface area (TPSA) is 87.1 Å². The van der Waals surface area contributed by atoms with Crippen LogP contribution in [0.2, 0.25) is 0 Å². The summed E-state index contributed by atoms with van der Waals surface area (Å²) in [5, 5.41) is 19.2. The van der Waals surface area contributed by atoms with E-state index in [4.69, 9.17) is 4.74 Å². The molecular formula is C14H17NO5. The molecule has 0 spiro atoms. The predicted molar refractivity (Wildman–Crippen MR) is 70.5 cm³/mol. The first kappa shape index (κ1) is 14.2. The summed E-state index contributed by atoms with van der Waals surface area (Å²) in [6, 6.07) is 3.55. The second-order valence-corrected chi connectivity index (χ2v) is 4.58. The lowest BCUT2D eigenvalue weighted by Gasteiger charge is -2.23. The Bertz CT molecular complexity index is 528. The van der Waals surface area contributed by atoms with E-state index in [1.165, 1.54) is 23.1 Å². The highest BCUT2D eigenvalue weighted by Gasteiger charge is 2.36. The smallest absolute Gasteiger partial charge is 0.328 e. The van der Waals surface area contributed by atoms with Crippen LogP contribution >= 0.6 is 0 Å². The van der Waals surface area contributed by atoms with E-state index in [2.05, 4.69) is 0 Å². The van der Waals surface area contributed by atoms with Gasteiger partial charge in [0, 0.05) is 6.54 Å². The van der Waals surface area contributed by atoms with Crippen LogP contribution in [0.15, 0.2) is 18.2 Å². The third-order valence-electron chi connectivity index (χ3n) is 3.32. The Hall–Kier alpha value is -2.24. The quantitative estimate of drug-likeness (QED) is 0.642. The van der Waals surface area contributed by atoms with Crippen LogP contribution in [-0.4, -0.2) is 46.2 Å². The van der Waals surface area contributed by atoms with Crippen molar-refractivity contribution in [3.8, 4) is 11.5 Å². The minimum Gasteiger partial charge on any atom is -0.504 e. The molecule has 1 fully saturated rings. The molecule has 0 bridgehead atoms. The molecule has 1 heterocycles. The van der Waals surface area contributed by atoms with Crippen molar-refractivity contribution in [2.45, 2.75) is 25.8 Å². The first-order valence-electron chi connectivity index (χ1n) is 6.54. The summed E-state index contributed by atoms with van der Waals surface area (Å²) >= 11 is 0. The Kier molecular flexibility index (Phi) is 4.12. The summed E-state index contributed by atoms with van der Waals surface area (Å²) in [5.74, 6) is -1.73. The molecule has 6 heteroatoms. The van der Waals surface area contributed by atoms with E-state index in [1.54, 1.807) is 6.92 Å². The molecule has 1 aromatic rings. The zero-order valence-electron chi connectivity index (χ0n) is 11.2. The molecule has 0 aliphatic carbocycles. The fourth-order valence-corrected chi connectivity index (χ4v) is 2.35. The van der Waals surface area contributed by atoms with Crippen molar-refractivity contribution in [3.05, 3.63) is 23.8 Å². The fourth-order valence-electron chi connectivity index (χ4n) is 2.35. The van der Waals surface area contributed by atoms with Crippen LogP contribution in [0.1, 0.15) is 30.1 Å². The molecular weight excluding hydrogens is 262 g/mol. The number of phenolic OH excluding ortho intramolecular Hbond substituents is 2. The average molecular weight is 279 g/mol. The van der Waals surface area contributed by atoms with Crippen LogP contribution in [0.3, 0.4) is 0 Å². The van der Waals surface area contributed by atoms with Gasteiger partial charge in [0.25, 0.3) is 5.91 Å². The molecule has 0 aromatic heterocycles. The summed E-state index contributed by atoms with van der Waals surface area (Å²) in [6.07, 6.45) is 1.25. The van der Waals surface area contributed by atoms with Crippen LogP contribution in [0.25, 0.3) is 0 Å². The molecule has 1 aromatic carbocycles. The molecule has 2 rings (SSSR count). The molecule has 1 unspecified atom stereocenters. The number of likely N-dealkylation sites (tertiary alicyclic amines) is 1. The van der Waals surface area contributed by atoms with Gasteiger partial charge < -0.3 is 19.8 Å². The highest BCUT2D eigenvalue weighted by atomic mass is 16.5. The first-order valence-corrected chi connectivity index (χ1v) is 6.54. The maximum absolute atomic E-state index is 12.4. The summed E-state index contributed by atoms with van der Waals surface area (Å²) in [7, 11) is 0. The van der Waals surface area contributed by atoms with Gasteiger partial charge in [0.05, 0.1) is 12.2 Å². The summed E-state index contributed by atoms with van der Waals surface area (Å²) in [4.78, 5) is 25.6. The van der Waals surface area contributed by atoms with Crippen LogP contribution < -0.4 is 0 Å². The second-order valence-electron chi connectivity index (χ2n) is 4.58. The Morgan fingerprint density at radius 1 is 1.40 bits per heavy atom. The summed E-state index contributed by atoms with van der Waals surface area (Å²) in [6.45, 7) is 2.40. The summed E-state index contributed by atoms with van der Waals surface area (Å²) < 4.78 is 4.95. The van der Waals surface area contributed by atoms with E-state index in [0.717, 1.165) is 0 Å². The second kappa shape index (κ2) is 5.81. The van der Waals surface area contributed by atoms with Crippen molar-refractivity contribution in [1.82, 2.24) is 4.90 Å². The highest BCUT2D eigenvalue weighted by molar-refractivity contribution is 5.99. The van der Waals surface area contributed by atoms with E-state index >= 15 is 0 Å². The lowest BCUT2D eigenvalue weighted by Crippen LogP contribution is -2.41. The number of hydrogen-bond acceptors (Lipinski definition) is 5. The van der Waals surface area contributed by atoms with E-state index in [1.807, 2.05) is 0 Å². The van der Waals surface area contributed by atoms with Crippen molar-refractivity contribution in [2.24, 2.45) is 0 Å². The van der Waals surface area contributed by atoms with Crippen LogP contribution in [-0.2, 0) is 9.53 Å². The van der Waals surface area contributed by atoms with Gasteiger partial charge >= 0.3 is 5.97 Å². The van der Waals surface area contributed by atoms with E-state index in [-0.39, 0.29) is 17.9 Å². The fraction of sp³-hybridized carbons (Fsp3) is 0.429. The SMILES string of the molecule is CCOC(=O)C1CCCN1C(=O)c1cccc(O)c1O. The molecule has 6 nitrogen and oxygen atoms in total. The molecule has 1 amide bonds. The van der Waals surface area contributed by atoms with Crippen molar-refractivity contribution in [1.29, 1.82) is 0 Å². The van der Waals surface area contributed by atoms with Gasteiger partial charge in [-0.25, -0.2) is 4.79 Å². The third kappa shape index (κ3) is 2.54. The van der Waals surface area contributed by atoms with Crippen molar-refractivity contribution < 1.29 is 24.5 Å². The number of ether oxygens (including phenoxy) is 1. The number of carbonyl (C=O) groups is 2. The van der Waals surface area contributed by atoms with Crippen LogP contribution in [0.4, 0.5) is 0 Å². The van der Waals surface area contributed by atoms with Gasteiger partial charge in [-0.15, -0.1) is 0 Å². The average Bonchev–Trinajstić information content (AvgIpc) is 2.91. The Balaban J connectivity index is 2.23. The maximum Gasteiger partial charge on any atom is 0.328 e. The first-order chi connectivity index (χ1) is 9.56. The lowest BCUT2D eigenvalue weighted by atomic mass is 10.1. The predicted octanol–water partition coefficient (Wildman–Crippen LogP) is 1.27. The number of hydrogen-bond donors (Lipinski definition) is 2. The van der Waals surface area contributed by atoms with Gasteiger partial charge in [-0.1, -0.05) is 6.07 Å². The molecule has 0 radical (unpaired) electrons. The zero-order valence-corrected chi connectivity index (χ0v) is 11.2. The number of para-hydroxylation sites is 1. The highest BCUT2D eigenvalue weighted by Crippen LogP contribution is 2.31. The van der Waals surface area contributed by atoms with Crippen molar-refractivity contribution in [3.63, 3.8) is 0 Å².